The van der Waals surface area contributed by atoms with Gasteiger partial charge in [0.15, 0.2) is 0 Å². The summed E-state index contributed by atoms with van der Waals surface area (Å²) >= 11 is 6.28. The highest BCUT2D eigenvalue weighted by atomic mass is 35.5. The Morgan fingerprint density at radius 1 is 1.19 bits per heavy atom. The summed E-state index contributed by atoms with van der Waals surface area (Å²) in [5, 5.41) is 0.739. The molecule has 3 rings (SSSR count). The van der Waals surface area contributed by atoms with Crippen LogP contribution in [0.3, 0.4) is 0 Å². The Kier molecular flexibility index (Phi) is 3.70. The minimum atomic E-state index is -0.445. The van der Waals surface area contributed by atoms with Gasteiger partial charge >= 0.3 is 0 Å². The number of benzene rings is 2. The summed E-state index contributed by atoms with van der Waals surface area (Å²) in [6, 6.07) is 16.0. The van der Waals surface area contributed by atoms with Gasteiger partial charge in [-0.2, -0.15) is 0 Å². The highest BCUT2D eigenvalue weighted by Gasteiger charge is 2.30. The largest absolute Gasteiger partial charge is 0.386 e. The molecule has 21 heavy (non-hydrogen) atoms. The fourth-order valence-corrected chi connectivity index (χ4v) is 2.85. The van der Waals surface area contributed by atoms with Gasteiger partial charge in [-0.3, -0.25) is 4.99 Å². The maximum absolute atomic E-state index is 6.28. The Morgan fingerprint density at radius 3 is 2.76 bits per heavy atom. The van der Waals surface area contributed by atoms with Crippen molar-refractivity contribution in [2.24, 2.45) is 10.7 Å². The van der Waals surface area contributed by atoms with E-state index in [1.807, 2.05) is 49.4 Å². The first kappa shape index (κ1) is 14.1. The predicted octanol–water partition coefficient (Wildman–Crippen LogP) is 3.61. The highest BCUT2D eigenvalue weighted by Crippen LogP contribution is 2.33. The van der Waals surface area contributed by atoms with Crippen LogP contribution in [0.25, 0.3) is 11.1 Å². The standard InChI is InChI=1S/C17H17ClN2O/c1-17(11-21-10-16(19)20-17)13-6-4-5-12(9-13)14-7-2-3-8-15(14)18/h2-9H,10-11H2,1H3,(H2,19,20). The van der Waals surface area contributed by atoms with E-state index in [1.165, 1.54) is 0 Å². The van der Waals surface area contributed by atoms with E-state index in [4.69, 9.17) is 22.1 Å². The number of hydrogen-bond acceptors (Lipinski definition) is 3. The first-order chi connectivity index (χ1) is 10.1. The summed E-state index contributed by atoms with van der Waals surface area (Å²) in [6.07, 6.45) is 0. The fraction of sp³-hybridized carbons (Fsp3) is 0.235. The van der Waals surface area contributed by atoms with Crippen LogP contribution in [-0.4, -0.2) is 19.0 Å². The molecule has 0 aromatic heterocycles. The SMILES string of the molecule is CC1(c2cccc(-c3ccccc3Cl)c2)COCC(N)=N1. The quantitative estimate of drug-likeness (QED) is 0.921. The van der Waals surface area contributed by atoms with Crippen LogP contribution in [0.4, 0.5) is 0 Å². The summed E-state index contributed by atoms with van der Waals surface area (Å²) in [5.41, 5.74) is 8.53. The van der Waals surface area contributed by atoms with E-state index in [0.717, 1.165) is 21.7 Å². The zero-order valence-corrected chi connectivity index (χ0v) is 12.6. The van der Waals surface area contributed by atoms with Crippen molar-refractivity contribution in [2.75, 3.05) is 13.2 Å². The molecule has 0 radical (unpaired) electrons. The number of nitrogens with zero attached hydrogens (tertiary/aromatic N) is 1. The third-order valence-electron chi connectivity index (χ3n) is 3.69. The van der Waals surface area contributed by atoms with Gasteiger partial charge in [0.2, 0.25) is 0 Å². The van der Waals surface area contributed by atoms with Gasteiger partial charge in [0.1, 0.15) is 18.0 Å². The summed E-state index contributed by atoms with van der Waals surface area (Å²) in [4.78, 5) is 4.58. The molecule has 2 N–H and O–H groups in total. The van der Waals surface area contributed by atoms with Crippen LogP contribution in [0.15, 0.2) is 53.5 Å². The third kappa shape index (κ3) is 2.80. The summed E-state index contributed by atoms with van der Waals surface area (Å²) in [7, 11) is 0. The van der Waals surface area contributed by atoms with Crippen molar-refractivity contribution in [1.29, 1.82) is 0 Å². The van der Waals surface area contributed by atoms with Gasteiger partial charge in [-0.05, 0) is 30.2 Å². The Balaban J connectivity index is 2.05. The van der Waals surface area contributed by atoms with E-state index in [-0.39, 0.29) is 0 Å². The molecule has 0 fully saturated rings. The van der Waals surface area contributed by atoms with Gasteiger partial charge in [0.05, 0.1) is 6.61 Å². The second kappa shape index (κ2) is 5.51. The Hall–Kier alpha value is -1.84. The van der Waals surface area contributed by atoms with Gasteiger partial charge in [-0.1, -0.05) is 48.0 Å². The van der Waals surface area contributed by atoms with Crippen LogP contribution in [0.2, 0.25) is 5.02 Å². The molecule has 1 aliphatic rings. The first-order valence-electron chi connectivity index (χ1n) is 6.86. The van der Waals surface area contributed by atoms with Crippen molar-refractivity contribution in [2.45, 2.75) is 12.5 Å². The van der Waals surface area contributed by atoms with Crippen LogP contribution in [0.1, 0.15) is 12.5 Å². The molecule has 2 aromatic rings. The highest BCUT2D eigenvalue weighted by molar-refractivity contribution is 6.33. The number of halogens is 1. The number of amidine groups is 1. The predicted molar refractivity (Wildman–Crippen MR) is 86.7 cm³/mol. The minimum absolute atomic E-state index is 0.403. The number of nitrogens with two attached hydrogens (primary N) is 1. The lowest BCUT2D eigenvalue weighted by Crippen LogP contribution is -2.37. The first-order valence-corrected chi connectivity index (χ1v) is 7.24. The normalized spacial score (nSPS) is 21.9. The van der Waals surface area contributed by atoms with Crippen molar-refractivity contribution in [3.8, 4) is 11.1 Å². The van der Waals surface area contributed by atoms with Crippen LogP contribution in [0, 0.1) is 0 Å². The summed E-state index contributed by atoms with van der Waals surface area (Å²) in [6.45, 7) is 2.96. The third-order valence-corrected chi connectivity index (χ3v) is 4.02. The molecule has 4 heteroatoms. The molecule has 1 unspecified atom stereocenters. The maximum Gasteiger partial charge on any atom is 0.121 e. The van der Waals surface area contributed by atoms with E-state index in [9.17, 15) is 0 Å². The van der Waals surface area contributed by atoms with Crippen LogP contribution in [0.5, 0.6) is 0 Å². The van der Waals surface area contributed by atoms with Gasteiger partial charge in [0, 0.05) is 10.6 Å². The minimum Gasteiger partial charge on any atom is -0.386 e. The topological polar surface area (TPSA) is 47.6 Å². The Morgan fingerprint density at radius 2 is 2.00 bits per heavy atom. The van der Waals surface area contributed by atoms with Gasteiger partial charge in [0.25, 0.3) is 0 Å². The molecule has 0 saturated heterocycles. The van der Waals surface area contributed by atoms with E-state index in [0.29, 0.717) is 19.0 Å². The van der Waals surface area contributed by atoms with Crippen molar-refractivity contribution >= 4 is 17.4 Å². The summed E-state index contributed by atoms with van der Waals surface area (Å²) in [5.74, 6) is 0.534. The summed E-state index contributed by atoms with van der Waals surface area (Å²) < 4.78 is 5.54. The van der Waals surface area contributed by atoms with E-state index < -0.39 is 5.54 Å². The average molecular weight is 301 g/mol. The molecule has 0 amide bonds. The van der Waals surface area contributed by atoms with Gasteiger partial charge < -0.3 is 10.5 Å². The van der Waals surface area contributed by atoms with Crippen LogP contribution in [-0.2, 0) is 10.3 Å². The number of hydrogen-bond donors (Lipinski definition) is 1. The smallest absolute Gasteiger partial charge is 0.121 e. The molecular formula is C17H17ClN2O. The zero-order valence-electron chi connectivity index (χ0n) is 11.8. The molecule has 1 atom stereocenters. The molecule has 0 spiro atoms. The fourth-order valence-electron chi connectivity index (χ4n) is 2.60. The van der Waals surface area contributed by atoms with Crippen molar-refractivity contribution < 1.29 is 4.74 Å². The van der Waals surface area contributed by atoms with E-state index in [1.54, 1.807) is 0 Å². The maximum atomic E-state index is 6.28. The van der Waals surface area contributed by atoms with Gasteiger partial charge in [-0.15, -0.1) is 0 Å². The second-order valence-corrected chi connectivity index (χ2v) is 5.84. The van der Waals surface area contributed by atoms with Crippen molar-refractivity contribution in [3.05, 3.63) is 59.1 Å². The van der Waals surface area contributed by atoms with Crippen LogP contribution >= 0.6 is 11.6 Å². The molecule has 0 saturated carbocycles. The number of rotatable bonds is 2. The molecule has 1 aliphatic heterocycles. The van der Waals surface area contributed by atoms with Gasteiger partial charge in [-0.25, -0.2) is 0 Å². The molecule has 0 aliphatic carbocycles. The van der Waals surface area contributed by atoms with Crippen LogP contribution < -0.4 is 5.73 Å². The molecular weight excluding hydrogens is 284 g/mol. The lowest BCUT2D eigenvalue weighted by Gasteiger charge is -2.30. The molecule has 3 nitrogen and oxygen atoms in total. The Bertz CT molecular complexity index is 699. The molecule has 108 valence electrons. The Labute approximate surface area is 129 Å². The number of ether oxygens (including phenoxy) is 1. The van der Waals surface area contributed by atoms with Crippen molar-refractivity contribution in [3.63, 3.8) is 0 Å². The van der Waals surface area contributed by atoms with Crippen molar-refractivity contribution in [1.82, 2.24) is 0 Å². The van der Waals surface area contributed by atoms with E-state index in [2.05, 4.69) is 11.1 Å². The zero-order chi connectivity index (χ0) is 14.9. The second-order valence-electron chi connectivity index (χ2n) is 5.43. The monoisotopic (exact) mass is 300 g/mol. The molecule has 1 heterocycles. The average Bonchev–Trinajstić information content (AvgIpc) is 2.48. The lowest BCUT2D eigenvalue weighted by molar-refractivity contribution is 0.106. The molecule has 0 bridgehead atoms. The van der Waals surface area contributed by atoms with E-state index >= 15 is 0 Å². The molecule has 2 aromatic carbocycles. The lowest BCUT2D eigenvalue weighted by atomic mass is 9.90. The number of aliphatic imine (C=N–C) groups is 1.